The van der Waals surface area contributed by atoms with Gasteiger partial charge in [-0.15, -0.1) is 0 Å². The number of allylic oxidation sites excluding steroid dienone is 1. The lowest BCUT2D eigenvalue weighted by Crippen LogP contribution is -2.24. The Balaban J connectivity index is 1.87. The highest BCUT2D eigenvalue weighted by atomic mass is 16.3. The van der Waals surface area contributed by atoms with Crippen molar-refractivity contribution in [3.8, 4) is 0 Å². The average Bonchev–Trinajstić information content (AvgIpc) is 2.50. The molecule has 0 fully saturated rings. The van der Waals surface area contributed by atoms with Gasteiger partial charge >= 0.3 is 0 Å². The number of unbranched alkanes of at least 4 members (excludes halogenated alkanes) is 11. The number of hydrogen-bond acceptors (Lipinski definition) is 2. The second-order valence-electron chi connectivity index (χ2n) is 8.65. The second-order valence-corrected chi connectivity index (χ2v) is 8.65. The summed E-state index contributed by atoms with van der Waals surface area (Å²) in [7, 11) is 0. The highest BCUT2D eigenvalue weighted by Gasteiger charge is 2.27. The summed E-state index contributed by atoms with van der Waals surface area (Å²) in [5.74, 6) is 0. The third-order valence-electron chi connectivity index (χ3n) is 5.30. The van der Waals surface area contributed by atoms with E-state index in [1.807, 2.05) is 0 Å². The normalized spacial score (nSPS) is 20.2. The smallest absolute Gasteiger partial charge is 0.0728 e. The van der Waals surface area contributed by atoms with Crippen LogP contribution >= 0.6 is 0 Å². The quantitative estimate of drug-likeness (QED) is 0.294. The Bertz CT molecular complexity index is 333. The summed E-state index contributed by atoms with van der Waals surface area (Å²) in [6.07, 6.45) is 20.9. The standard InChI is InChI=1S/C22H42O2/c1-22(2)18-20(17-21(24)19-22)15-13-11-9-7-5-3-4-6-8-10-12-14-16-23/h17,21,23-24H,3-16,18-19H2,1-2H3. The maximum atomic E-state index is 9.93. The zero-order chi connectivity index (χ0) is 17.7. The molecule has 0 spiro atoms. The van der Waals surface area contributed by atoms with Gasteiger partial charge in [0.2, 0.25) is 0 Å². The van der Waals surface area contributed by atoms with Gasteiger partial charge in [0.1, 0.15) is 0 Å². The monoisotopic (exact) mass is 338 g/mol. The minimum absolute atomic E-state index is 0.215. The topological polar surface area (TPSA) is 40.5 Å². The Kier molecular flexibility index (Phi) is 11.7. The molecule has 0 aliphatic heterocycles. The van der Waals surface area contributed by atoms with Crippen LogP contribution in [0.5, 0.6) is 0 Å². The minimum Gasteiger partial charge on any atom is -0.396 e. The summed E-state index contributed by atoms with van der Waals surface area (Å²) < 4.78 is 0. The Morgan fingerprint density at radius 1 is 0.833 bits per heavy atom. The fraction of sp³-hybridized carbons (Fsp3) is 0.909. The van der Waals surface area contributed by atoms with E-state index in [-0.39, 0.29) is 11.5 Å². The van der Waals surface area contributed by atoms with Gasteiger partial charge in [-0.3, -0.25) is 0 Å². The summed E-state index contributed by atoms with van der Waals surface area (Å²) >= 11 is 0. The minimum atomic E-state index is -0.215. The number of hydrogen-bond donors (Lipinski definition) is 2. The molecule has 1 rings (SSSR count). The molecule has 2 heteroatoms. The van der Waals surface area contributed by atoms with Crippen LogP contribution in [-0.4, -0.2) is 22.9 Å². The summed E-state index contributed by atoms with van der Waals surface area (Å²) in [5, 5.41) is 18.7. The lowest BCUT2D eigenvalue weighted by Gasteiger charge is -2.32. The molecule has 2 N–H and O–H groups in total. The SMILES string of the molecule is CC1(C)CC(CCCCCCCCCCCCCCO)=CC(O)C1. The van der Waals surface area contributed by atoms with Gasteiger partial charge < -0.3 is 10.2 Å². The van der Waals surface area contributed by atoms with Crippen molar-refractivity contribution in [1.82, 2.24) is 0 Å². The zero-order valence-electron chi connectivity index (χ0n) is 16.4. The molecule has 0 aromatic rings. The van der Waals surface area contributed by atoms with E-state index in [9.17, 15) is 5.11 Å². The van der Waals surface area contributed by atoms with Crippen molar-refractivity contribution in [3.05, 3.63) is 11.6 Å². The molecule has 0 heterocycles. The van der Waals surface area contributed by atoms with Crippen LogP contribution in [0.15, 0.2) is 11.6 Å². The molecular weight excluding hydrogens is 296 g/mol. The average molecular weight is 339 g/mol. The van der Waals surface area contributed by atoms with E-state index in [0.717, 1.165) is 12.8 Å². The van der Waals surface area contributed by atoms with E-state index in [4.69, 9.17) is 5.11 Å². The highest BCUT2D eigenvalue weighted by Crippen LogP contribution is 2.37. The lowest BCUT2D eigenvalue weighted by atomic mass is 9.75. The molecule has 24 heavy (non-hydrogen) atoms. The Labute approximate surface area is 150 Å². The molecule has 0 bridgehead atoms. The fourth-order valence-electron chi connectivity index (χ4n) is 4.05. The Hall–Kier alpha value is -0.340. The molecule has 1 aliphatic rings. The van der Waals surface area contributed by atoms with Crippen LogP contribution in [0, 0.1) is 5.41 Å². The first-order valence-electron chi connectivity index (χ1n) is 10.5. The second kappa shape index (κ2) is 12.9. The van der Waals surface area contributed by atoms with E-state index in [1.54, 1.807) is 0 Å². The fourth-order valence-corrected chi connectivity index (χ4v) is 4.05. The van der Waals surface area contributed by atoms with Crippen LogP contribution in [0.1, 0.15) is 110 Å². The number of rotatable bonds is 14. The van der Waals surface area contributed by atoms with Crippen molar-refractivity contribution >= 4 is 0 Å². The van der Waals surface area contributed by atoms with Crippen LogP contribution in [0.2, 0.25) is 0 Å². The lowest BCUT2D eigenvalue weighted by molar-refractivity contribution is 0.137. The van der Waals surface area contributed by atoms with Gasteiger partial charge in [0.25, 0.3) is 0 Å². The van der Waals surface area contributed by atoms with E-state index in [0.29, 0.717) is 6.61 Å². The Morgan fingerprint density at radius 2 is 1.29 bits per heavy atom. The zero-order valence-corrected chi connectivity index (χ0v) is 16.4. The molecule has 0 radical (unpaired) electrons. The largest absolute Gasteiger partial charge is 0.396 e. The summed E-state index contributed by atoms with van der Waals surface area (Å²) in [6, 6.07) is 0. The van der Waals surface area contributed by atoms with Gasteiger partial charge in [0.05, 0.1) is 6.10 Å². The first-order chi connectivity index (χ1) is 11.5. The van der Waals surface area contributed by atoms with Crippen molar-refractivity contribution < 1.29 is 10.2 Å². The summed E-state index contributed by atoms with van der Waals surface area (Å²) in [4.78, 5) is 0. The maximum Gasteiger partial charge on any atom is 0.0728 e. The molecule has 1 unspecified atom stereocenters. The third kappa shape index (κ3) is 11.3. The number of aliphatic hydroxyl groups excluding tert-OH is 2. The van der Waals surface area contributed by atoms with Gasteiger partial charge in [0, 0.05) is 6.61 Å². The molecule has 0 amide bonds. The van der Waals surface area contributed by atoms with Gasteiger partial charge in [-0.25, -0.2) is 0 Å². The van der Waals surface area contributed by atoms with Crippen molar-refractivity contribution in [2.24, 2.45) is 5.41 Å². The van der Waals surface area contributed by atoms with Gasteiger partial charge in [-0.2, -0.15) is 0 Å². The molecule has 0 aromatic heterocycles. The van der Waals surface area contributed by atoms with E-state index >= 15 is 0 Å². The molecule has 0 saturated heterocycles. The summed E-state index contributed by atoms with van der Waals surface area (Å²) in [6.45, 7) is 4.90. The van der Waals surface area contributed by atoms with Crippen LogP contribution in [-0.2, 0) is 0 Å². The maximum absolute atomic E-state index is 9.93. The highest BCUT2D eigenvalue weighted by molar-refractivity contribution is 5.12. The predicted molar refractivity (Wildman–Crippen MR) is 104 cm³/mol. The Morgan fingerprint density at radius 3 is 1.75 bits per heavy atom. The van der Waals surface area contributed by atoms with E-state index in [1.165, 1.54) is 89.0 Å². The molecule has 0 saturated carbocycles. The van der Waals surface area contributed by atoms with Crippen LogP contribution in [0.25, 0.3) is 0 Å². The van der Waals surface area contributed by atoms with Crippen LogP contribution in [0.4, 0.5) is 0 Å². The molecule has 0 aromatic carbocycles. The van der Waals surface area contributed by atoms with Gasteiger partial charge in [-0.1, -0.05) is 89.7 Å². The van der Waals surface area contributed by atoms with Crippen molar-refractivity contribution in [3.63, 3.8) is 0 Å². The molecule has 1 aliphatic carbocycles. The molecule has 142 valence electrons. The van der Waals surface area contributed by atoms with Gasteiger partial charge in [0.15, 0.2) is 0 Å². The molecule has 1 atom stereocenters. The molecule has 2 nitrogen and oxygen atoms in total. The summed E-state index contributed by atoms with van der Waals surface area (Å²) in [5.41, 5.74) is 1.77. The van der Waals surface area contributed by atoms with Gasteiger partial charge in [-0.05, 0) is 37.5 Å². The van der Waals surface area contributed by atoms with E-state index in [2.05, 4.69) is 19.9 Å². The third-order valence-corrected chi connectivity index (χ3v) is 5.30. The van der Waals surface area contributed by atoms with Crippen LogP contribution in [0.3, 0.4) is 0 Å². The first-order valence-corrected chi connectivity index (χ1v) is 10.5. The van der Waals surface area contributed by atoms with Crippen LogP contribution < -0.4 is 0 Å². The van der Waals surface area contributed by atoms with Crippen molar-refractivity contribution in [2.75, 3.05) is 6.61 Å². The predicted octanol–water partition coefficient (Wildman–Crippen LogP) is 6.16. The van der Waals surface area contributed by atoms with Crippen molar-refractivity contribution in [1.29, 1.82) is 0 Å². The molecular formula is C22H42O2. The first kappa shape index (κ1) is 21.7. The van der Waals surface area contributed by atoms with E-state index < -0.39 is 0 Å². The number of aliphatic hydroxyl groups is 2. The van der Waals surface area contributed by atoms with Crippen molar-refractivity contribution in [2.45, 2.75) is 116 Å².